The van der Waals surface area contributed by atoms with E-state index in [1.54, 1.807) is 13.8 Å². The molecule has 0 radical (unpaired) electrons. The molecule has 22 unspecified atom stereocenters. The van der Waals surface area contributed by atoms with Gasteiger partial charge >= 0.3 is 18.0 Å². The molecule has 3 fully saturated rings. The lowest BCUT2D eigenvalue weighted by molar-refractivity contribution is -0.333. The Morgan fingerprint density at radius 3 is 1.84 bits per heavy atom. The standard InChI is InChI=1S/C85H105Cl2N13O34/c1-31(2)17-46(100(8)83(124)126-30-125-81(123)32(3)92-73(114)44(88)12-16-55(107)94-56(108)29-102)75(116)98-63-65(109)36-10-14-49(42(86)19-36)129-51-21-38-22-52(69(51)134-82-70(67(111)66(110)53(28-101)131-82)133-58-27-85(7,91)72(113)34(5)128-58)130-50-15-11-37(20-43(50)87)68(132-57-26-84(6,90)71(112)33(4)127-57)64-79(120)97-62(80(121)122)41-23-39(103)24-48(105)59(41)40-18-35(9-13-47(40)104)60(76(117)99-64)96-77(118)61(38)95-74(115)45(25-54(89)106)93-78(63)119/h9-11,13-15,18-24,29,31-34,44-46,53,56-58,60-68,70-72,82,101,103-105,108-113H,12,16-17,25-28,30,88,90-91H2,1-8H3,(H2,89,106)(H,92,114)(H,93,119)(H,94,107)(H,95,115)(H,96,118)(H,97,120)(H,98,116)(H,99,117)(H,121,122)/t32?,33?,34?,44?,45?,46?,53?,56?,57?,58?,60?,61?,62-,63?,64?,65+,66?,67?,68-,70?,71?,72?,82?,84?,85?/m1/s1. The SMILES string of the molecule is CC(C)CC(C(=O)NC1C(=O)NC(CC(N)=O)C(=O)NC2C(=O)NC3C(=O)NC(C(=O)N[C@@H](C(=O)O)c4cc(O)cc(O)c4-c4cc3ccc4O)[C@H](OC3CC(C)(N)C(O)C(C)O3)c3ccc(c(Cl)c3)Oc3cc2cc(c3OC2OC(CO)C(O)C(O)C2OC2CC(C)(N)C(O)C(C)O2)Oc2ccc(cc2Cl)[C@@H]1O)N(C)C(=O)OCOC(=O)C(C)NC(=O)C(N)CCC(=O)NC(O)C=O. The fraction of sp³-hybridized carbons (Fsp3) is 0.494. The van der Waals surface area contributed by atoms with Gasteiger partial charge in [-0.25, -0.2) is 14.4 Å². The summed E-state index contributed by atoms with van der Waals surface area (Å²) in [5.41, 5.74) is 18.6. The number of aliphatic carboxylic acids is 1. The van der Waals surface area contributed by atoms with Crippen LogP contribution in [-0.4, -0.2) is 280 Å². The monoisotopic (exact) mass is 1920 g/mol. The Morgan fingerprint density at radius 2 is 1.25 bits per heavy atom. The number of aromatic hydroxyl groups is 3. The largest absolute Gasteiger partial charge is 0.508 e. The number of primary amides is 1. The van der Waals surface area contributed by atoms with Crippen molar-refractivity contribution in [1.29, 1.82) is 0 Å². The van der Waals surface area contributed by atoms with Gasteiger partial charge in [-0.2, -0.15) is 0 Å². The summed E-state index contributed by atoms with van der Waals surface area (Å²) in [5.74, 6) is -21.3. The van der Waals surface area contributed by atoms with Crippen molar-refractivity contribution in [2.75, 3.05) is 20.4 Å². The van der Waals surface area contributed by atoms with Crippen LogP contribution in [0.3, 0.4) is 0 Å². The second-order valence-corrected chi connectivity index (χ2v) is 34.9. The number of phenolic OH excluding ortho intramolecular Hbond substituents is 3. The van der Waals surface area contributed by atoms with Crippen LogP contribution in [0.25, 0.3) is 11.1 Å². The predicted octanol–water partition coefficient (Wildman–Crippen LogP) is -2.06. The topological polar surface area (TPSA) is 740 Å². The van der Waals surface area contributed by atoms with Crippen LogP contribution in [0.2, 0.25) is 10.0 Å². The first-order chi connectivity index (χ1) is 63.0. The number of hydrogen-bond acceptors (Lipinski definition) is 36. The number of nitrogens with one attached hydrogen (secondary N) is 8. The molecule has 8 aliphatic rings. The molecule has 49 heteroatoms. The quantitative estimate of drug-likeness (QED) is 0.0170. The van der Waals surface area contributed by atoms with Crippen molar-refractivity contribution < 1.29 is 166 Å². The number of aliphatic hydroxyl groups excluding tert-OH is 7. The van der Waals surface area contributed by atoms with E-state index in [1.807, 2.05) is 5.32 Å². The van der Waals surface area contributed by atoms with Gasteiger partial charge in [0.15, 0.2) is 48.7 Å². The van der Waals surface area contributed by atoms with Crippen LogP contribution >= 0.6 is 23.2 Å². The van der Waals surface area contributed by atoms with E-state index in [2.05, 4.69) is 37.2 Å². The minimum Gasteiger partial charge on any atom is -0.508 e. The van der Waals surface area contributed by atoms with E-state index in [4.69, 9.17) is 93.5 Å². The highest BCUT2D eigenvalue weighted by atomic mass is 35.5. The number of carboxylic acids is 1. The zero-order chi connectivity index (χ0) is 98.5. The number of carbonyl (C=O) groups is 13. The number of benzene rings is 5. The number of carbonyl (C=O) groups excluding carboxylic acids is 12. The van der Waals surface area contributed by atoms with Gasteiger partial charge in [-0.1, -0.05) is 55.2 Å². The van der Waals surface area contributed by atoms with Gasteiger partial charge < -0.3 is 169 Å². The molecule has 8 heterocycles. The second kappa shape index (κ2) is 42.7. The molecule has 5 aromatic carbocycles. The average molecular weight is 1920 g/mol. The van der Waals surface area contributed by atoms with Crippen LogP contribution in [0, 0.1) is 5.92 Å². The Balaban J connectivity index is 1.07. The number of amides is 10. The smallest absolute Gasteiger partial charge is 0.413 e. The number of carboxylic acid groups (broad SMARTS) is 1. The Labute approximate surface area is 772 Å². The number of hydrogen-bond donors (Lipinski definition) is 23. The third-order valence-electron chi connectivity index (χ3n) is 23.1. The maximum Gasteiger partial charge on any atom is 0.413 e. The Hall–Kier alpha value is -12.0. The summed E-state index contributed by atoms with van der Waals surface area (Å²) >= 11 is 14.6. The summed E-state index contributed by atoms with van der Waals surface area (Å²) in [4.78, 5) is 186. The Morgan fingerprint density at radius 1 is 0.672 bits per heavy atom. The fourth-order valence-electron chi connectivity index (χ4n) is 15.9. The van der Waals surface area contributed by atoms with Gasteiger partial charge in [0.05, 0.1) is 53.5 Å². The number of likely N-dealkylation sites (N-methyl/N-ethyl adjacent to an activating group) is 1. The van der Waals surface area contributed by atoms with E-state index < -0.39 is 345 Å². The zero-order valence-corrected chi connectivity index (χ0v) is 74.4. The number of aliphatic hydroxyl groups is 7. The van der Waals surface area contributed by atoms with Crippen molar-refractivity contribution in [3.05, 3.63) is 117 Å². The highest BCUT2D eigenvalue weighted by Crippen LogP contribution is 2.51. The summed E-state index contributed by atoms with van der Waals surface area (Å²) in [6.45, 7) is 7.96. The molecular formula is C85H105Cl2N13O34. The first kappa shape index (κ1) is 103. The molecule has 0 aromatic heterocycles. The molecule has 3 saturated heterocycles. The van der Waals surface area contributed by atoms with Crippen molar-refractivity contribution in [3.8, 4) is 57.1 Å². The van der Waals surface area contributed by atoms with Gasteiger partial charge in [0, 0.05) is 60.1 Å². The van der Waals surface area contributed by atoms with Crippen LogP contribution < -0.4 is 79.7 Å². The van der Waals surface area contributed by atoms with Crippen LogP contribution in [0.15, 0.2) is 78.9 Å². The molecule has 134 heavy (non-hydrogen) atoms. The maximum absolute atomic E-state index is 16.6. The molecular weight excluding hydrogens is 1820 g/mol. The van der Waals surface area contributed by atoms with E-state index in [-0.39, 0.29) is 36.7 Å². The minimum atomic E-state index is -2.51. The van der Waals surface area contributed by atoms with E-state index in [9.17, 15) is 89.7 Å². The number of nitrogens with zero attached hydrogens (tertiary/aromatic N) is 1. The zero-order valence-electron chi connectivity index (χ0n) is 72.9. The molecule has 728 valence electrons. The Bertz CT molecular complexity index is 5310. The molecule has 8 aliphatic heterocycles. The number of rotatable bonds is 25. The van der Waals surface area contributed by atoms with Crippen LogP contribution in [-0.2, 0) is 90.7 Å². The van der Waals surface area contributed by atoms with E-state index in [0.717, 1.165) is 86.8 Å². The average Bonchev–Trinajstić information content (AvgIpc) is 0.761. The molecule has 5 aromatic rings. The molecule has 47 nitrogen and oxygen atoms in total. The predicted molar refractivity (Wildman–Crippen MR) is 457 cm³/mol. The lowest BCUT2D eigenvalue weighted by Crippen LogP contribution is -2.64. The number of phenols is 3. The Kier molecular flexibility index (Phi) is 32.7. The van der Waals surface area contributed by atoms with Crippen LogP contribution in [0.1, 0.15) is 145 Å². The normalized spacial score (nSPS) is 29.1. The van der Waals surface area contributed by atoms with Gasteiger partial charge in [0.2, 0.25) is 72.0 Å². The summed E-state index contributed by atoms with van der Waals surface area (Å²) in [6.07, 6.45) is -28.5. The summed E-state index contributed by atoms with van der Waals surface area (Å²) in [5, 5.41) is 143. The van der Waals surface area contributed by atoms with Crippen molar-refractivity contribution >= 4 is 101 Å². The fourth-order valence-corrected chi connectivity index (χ4v) is 16.3. The maximum atomic E-state index is 16.6. The van der Waals surface area contributed by atoms with Crippen LogP contribution in [0.4, 0.5) is 4.79 Å². The summed E-state index contributed by atoms with van der Waals surface area (Å²) in [7, 11) is 1.05. The van der Waals surface area contributed by atoms with E-state index in [0.29, 0.717) is 4.90 Å². The van der Waals surface area contributed by atoms with Crippen LogP contribution in [0.5, 0.6) is 46.0 Å². The van der Waals surface area contributed by atoms with Gasteiger partial charge in [0.25, 0.3) is 0 Å². The van der Waals surface area contributed by atoms with Gasteiger partial charge in [-0.3, -0.25) is 52.8 Å². The lowest BCUT2D eigenvalue weighted by Gasteiger charge is -2.47. The van der Waals surface area contributed by atoms with E-state index in [1.165, 1.54) is 33.8 Å². The highest BCUT2D eigenvalue weighted by Gasteiger charge is 2.53. The van der Waals surface area contributed by atoms with Gasteiger partial charge in [-0.05, 0) is 130 Å². The van der Waals surface area contributed by atoms with Crippen molar-refractivity contribution in [3.63, 3.8) is 0 Å². The van der Waals surface area contributed by atoms with Gasteiger partial charge in [-0.15, -0.1) is 0 Å². The molecule has 25 atom stereocenters. The number of fused-ring (bicyclic) bond motifs is 15. The number of halogens is 2. The van der Waals surface area contributed by atoms with Crippen molar-refractivity contribution in [1.82, 2.24) is 47.4 Å². The van der Waals surface area contributed by atoms with Crippen molar-refractivity contribution in [2.45, 2.75) is 239 Å². The van der Waals surface area contributed by atoms with Gasteiger partial charge in [0.1, 0.15) is 102 Å². The molecule has 0 aliphatic carbocycles. The first-order valence-corrected chi connectivity index (χ1v) is 42.7. The number of aldehydes is 1. The molecule has 0 spiro atoms. The third-order valence-corrected chi connectivity index (χ3v) is 23.7. The van der Waals surface area contributed by atoms with E-state index >= 15 is 28.8 Å². The molecule has 11 bridgehead atoms. The number of ether oxygens (including phenoxy) is 10. The number of esters is 1. The lowest BCUT2D eigenvalue weighted by atomic mass is 9.86. The molecule has 27 N–H and O–H groups in total. The molecule has 0 saturated carbocycles. The summed E-state index contributed by atoms with van der Waals surface area (Å²) in [6, 6.07) is -5.79. The number of nitrogens with two attached hydrogens (primary N) is 4. The summed E-state index contributed by atoms with van der Waals surface area (Å²) < 4.78 is 62.0. The third kappa shape index (κ3) is 23.7. The highest BCUT2D eigenvalue weighted by molar-refractivity contribution is 6.32. The molecule has 10 amide bonds. The molecule has 13 rings (SSSR count). The minimum absolute atomic E-state index is 0.0425. The van der Waals surface area contributed by atoms with Crippen molar-refractivity contribution in [2.24, 2.45) is 28.9 Å². The second-order valence-electron chi connectivity index (χ2n) is 34.1. The first-order valence-electron chi connectivity index (χ1n) is 41.9.